The first-order valence-corrected chi connectivity index (χ1v) is 9.27. The Kier molecular flexibility index (Phi) is 4.04. The first kappa shape index (κ1) is 16.4. The van der Waals surface area contributed by atoms with Gasteiger partial charge in [-0.05, 0) is 31.9 Å². The van der Waals surface area contributed by atoms with Crippen molar-refractivity contribution in [2.24, 2.45) is 0 Å². The van der Waals surface area contributed by atoms with E-state index in [-0.39, 0.29) is 23.2 Å². The summed E-state index contributed by atoms with van der Waals surface area (Å²) in [6, 6.07) is 4.49. The van der Waals surface area contributed by atoms with Gasteiger partial charge in [0.15, 0.2) is 9.84 Å². The van der Waals surface area contributed by atoms with Crippen LogP contribution in [0.4, 0.5) is 11.4 Å². The number of hydrogen-bond donors (Lipinski definition) is 1. The molecular formula is C15H17N3O5S. The van der Waals surface area contributed by atoms with Crippen LogP contribution >= 0.6 is 0 Å². The smallest absolute Gasteiger partial charge is 0.292 e. The molecule has 0 amide bonds. The maximum Gasteiger partial charge on any atom is 0.292 e. The summed E-state index contributed by atoms with van der Waals surface area (Å²) in [6.07, 6.45) is 0.450. The van der Waals surface area contributed by atoms with Gasteiger partial charge in [-0.25, -0.2) is 8.42 Å². The van der Waals surface area contributed by atoms with Crippen LogP contribution in [0.15, 0.2) is 22.7 Å². The van der Waals surface area contributed by atoms with Crippen molar-refractivity contribution in [3.8, 4) is 11.1 Å². The zero-order chi connectivity index (χ0) is 17.5. The van der Waals surface area contributed by atoms with Crippen molar-refractivity contribution < 1.29 is 17.9 Å². The molecule has 1 aromatic heterocycles. The van der Waals surface area contributed by atoms with Crippen LogP contribution < -0.4 is 5.32 Å². The normalized spacial score (nSPS) is 19.3. The van der Waals surface area contributed by atoms with E-state index in [9.17, 15) is 18.5 Å². The lowest BCUT2D eigenvalue weighted by molar-refractivity contribution is -0.383. The van der Waals surface area contributed by atoms with Gasteiger partial charge in [-0.1, -0.05) is 11.2 Å². The molecule has 24 heavy (non-hydrogen) atoms. The van der Waals surface area contributed by atoms with Crippen molar-refractivity contribution in [2.45, 2.75) is 26.3 Å². The molecule has 1 N–H and O–H groups in total. The Morgan fingerprint density at radius 3 is 2.67 bits per heavy atom. The molecule has 0 spiro atoms. The van der Waals surface area contributed by atoms with E-state index in [1.807, 2.05) is 0 Å². The Morgan fingerprint density at radius 2 is 2.12 bits per heavy atom. The maximum absolute atomic E-state index is 11.5. The molecular weight excluding hydrogens is 334 g/mol. The summed E-state index contributed by atoms with van der Waals surface area (Å²) < 4.78 is 28.2. The van der Waals surface area contributed by atoms with Gasteiger partial charge in [-0.2, -0.15) is 0 Å². The fourth-order valence-corrected chi connectivity index (χ4v) is 4.66. The second kappa shape index (κ2) is 5.90. The molecule has 0 aliphatic carbocycles. The quantitative estimate of drug-likeness (QED) is 0.664. The molecule has 128 valence electrons. The van der Waals surface area contributed by atoms with Crippen LogP contribution in [-0.2, 0) is 9.84 Å². The van der Waals surface area contributed by atoms with Crippen molar-refractivity contribution in [1.82, 2.24) is 5.16 Å². The highest BCUT2D eigenvalue weighted by Crippen LogP contribution is 2.34. The monoisotopic (exact) mass is 351 g/mol. The number of hydrogen-bond acceptors (Lipinski definition) is 7. The predicted octanol–water partition coefficient (Wildman–Crippen LogP) is 2.47. The van der Waals surface area contributed by atoms with Crippen molar-refractivity contribution >= 4 is 21.2 Å². The predicted molar refractivity (Wildman–Crippen MR) is 88.7 cm³/mol. The van der Waals surface area contributed by atoms with Crippen LogP contribution in [0.5, 0.6) is 0 Å². The molecule has 1 aliphatic rings. The number of aromatic nitrogens is 1. The number of sulfone groups is 1. The van der Waals surface area contributed by atoms with Gasteiger partial charge in [0.05, 0.1) is 22.1 Å². The van der Waals surface area contributed by atoms with Crippen molar-refractivity contribution in [3.63, 3.8) is 0 Å². The number of anilines is 1. The third-order valence-corrected chi connectivity index (χ3v) is 5.88. The zero-order valence-corrected chi connectivity index (χ0v) is 14.1. The van der Waals surface area contributed by atoms with Gasteiger partial charge < -0.3 is 9.84 Å². The molecule has 9 heteroatoms. The second-order valence-electron chi connectivity index (χ2n) is 5.93. The summed E-state index contributed by atoms with van der Waals surface area (Å²) in [5.74, 6) is 0.690. The minimum Gasteiger partial charge on any atom is -0.376 e. The van der Waals surface area contributed by atoms with Crippen LogP contribution in [0, 0.1) is 24.0 Å². The molecule has 1 saturated heterocycles. The number of aryl methyl sites for hydroxylation is 2. The number of nitro groups is 1. The number of nitrogens with one attached hydrogen (secondary N) is 1. The molecule has 2 aromatic rings. The number of nitrogens with zero attached hydrogens (tertiary/aromatic N) is 2. The van der Waals surface area contributed by atoms with Crippen LogP contribution in [0.2, 0.25) is 0 Å². The van der Waals surface area contributed by atoms with Crippen LogP contribution in [0.1, 0.15) is 17.9 Å². The molecule has 0 unspecified atom stereocenters. The van der Waals surface area contributed by atoms with E-state index >= 15 is 0 Å². The van der Waals surface area contributed by atoms with E-state index in [1.165, 1.54) is 6.07 Å². The Morgan fingerprint density at radius 1 is 1.38 bits per heavy atom. The number of nitro benzene ring substituents is 1. The van der Waals surface area contributed by atoms with Crippen molar-refractivity contribution in [3.05, 3.63) is 39.8 Å². The number of benzene rings is 1. The molecule has 1 aliphatic heterocycles. The minimum atomic E-state index is -3.06. The van der Waals surface area contributed by atoms with E-state index in [2.05, 4.69) is 10.5 Å². The molecule has 1 atom stereocenters. The summed E-state index contributed by atoms with van der Waals surface area (Å²) in [5, 5.41) is 18.3. The Hall–Kier alpha value is -2.42. The zero-order valence-electron chi connectivity index (χ0n) is 13.3. The molecule has 0 bridgehead atoms. The fraction of sp³-hybridized carbons (Fsp3) is 0.400. The molecule has 8 nitrogen and oxygen atoms in total. The SMILES string of the molecule is Cc1noc(C)c1-c1ccc(N[C@H]2CCS(=O)(=O)C2)c([N+](=O)[O-])c1. The maximum atomic E-state index is 11.5. The van der Waals surface area contributed by atoms with Gasteiger partial charge in [0.1, 0.15) is 11.4 Å². The highest BCUT2D eigenvalue weighted by molar-refractivity contribution is 7.91. The van der Waals surface area contributed by atoms with E-state index < -0.39 is 14.8 Å². The van der Waals surface area contributed by atoms with Gasteiger partial charge >= 0.3 is 0 Å². The van der Waals surface area contributed by atoms with Crippen LogP contribution in [-0.4, -0.2) is 36.0 Å². The third kappa shape index (κ3) is 3.12. The Balaban J connectivity index is 1.95. The molecule has 1 fully saturated rings. The van der Waals surface area contributed by atoms with E-state index in [1.54, 1.807) is 26.0 Å². The van der Waals surface area contributed by atoms with Gasteiger partial charge in [0.25, 0.3) is 5.69 Å². The summed E-state index contributed by atoms with van der Waals surface area (Å²) >= 11 is 0. The van der Waals surface area contributed by atoms with E-state index in [0.717, 1.165) is 5.56 Å². The van der Waals surface area contributed by atoms with E-state index in [4.69, 9.17) is 4.52 Å². The largest absolute Gasteiger partial charge is 0.376 e. The van der Waals surface area contributed by atoms with Crippen LogP contribution in [0.25, 0.3) is 11.1 Å². The average Bonchev–Trinajstić information content (AvgIpc) is 3.01. The fourth-order valence-electron chi connectivity index (χ4n) is 2.98. The summed E-state index contributed by atoms with van der Waals surface area (Å²) in [6.45, 7) is 3.52. The van der Waals surface area contributed by atoms with Crippen LogP contribution in [0.3, 0.4) is 0 Å². The Labute approximate surface area is 138 Å². The minimum absolute atomic E-state index is 0.00419. The molecule has 2 heterocycles. The summed E-state index contributed by atoms with van der Waals surface area (Å²) in [7, 11) is -3.06. The summed E-state index contributed by atoms with van der Waals surface area (Å²) in [5.41, 5.74) is 2.24. The topological polar surface area (TPSA) is 115 Å². The van der Waals surface area contributed by atoms with Crippen molar-refractivity contribution in [1.29, 1.82) is 0 Å². The lowest BCUT2D eigenvalue weighted by atomic mass is 10.0. The third-order valence-electron chi connectivity index (χ3n) is 4.11. The Bertz CT molecular complexity index is 884. The van der Waals surface area contributed by atoms with Gasteiger partial charge in [0.2, 0.25) is 0 Å². The van der Waals surface area contributed by atoms with Gasteiger partial charge in [-0.15, -0.1) is 0 Å². The standard InChI is InChI=1S/C15H17N3O5S/c1-9-15(10(2)23-17-9)11-3-4-13(14(7-11)18(19)20)16-12-5-6-24(21,22)8-12/h3-4,7,12,16H,5-6,8H2,1-2H3/t12-/m0/s1. The van der Waals surface area contributed by atoms with E-state index in [0.29, 0.717) is 29.1 Å². The molecule has 0 radical (unpaired) electrons. The van der Waals surface area contributed by atoms with Gasteiger partial charge in [0, 0.05) is 17.7 Å². The first-order valence-electron chi connectivity index (χ1n) is 7.45. The summed E-state index contributed by atoms with van der Waals surface area (Å²) in [4.78, 5) is 10.9. The first-order chi connectivity index (χ1) is 11.3. The molecule has 0 saturated carbocycles. The van der Waals surface area contributed by atoms with Gasteiger partial charge in [-0.3, -0.25) is 10.1 Å². The lowest BCUT2D eigenvalue weighted by Crippen LogP contribution is -2.21. The van der Waals surface area contributed by atoms with Crippen molar-refractivity contribution in [2.75, 3.05) is 16.8 Å². The lowest BCUT2D eigenvalue weighted by Gasteiger charge is -2.13. The average molecular weight is 351 g/mol. The second-order valence-corrected chi connectivity index (χ2v) is 8.16. The molecule has 3 rings (SSSR count). The number of rotatable bonds is 4. The highest BCUT2D eigenvalue weighted by atomic mass is 32.2. The molecule has 1 aromatic carbocycles. The highest BCUT2D eigenvalue weighted by Gasteiger charge is 2.29.